The second-order valence-corrected chi connectivity index (χ2v) is 11.4. The van der Waals surface area contributed by atoms with E-state index in [9.17, 15) is 14.7 Å². The van der Waals surface area contributed by atoms with Crippen molar-refractivity contribution in [2.24, 2.45) is 27.7 Å². The highest BCUT2D eigenvalue weighted by Gasteiger charge is 2.66. The van der Waals surface area contributed by atoms with Crippen LogP contribution < -0.4 is 5.63 Å². The first-order chi connectivity index (χ1) is 15.7. The zero-order valence-corrected chi connectivity index (χ0v) is 20.2. The Hall–Kier alpha value is -2.01. The van der Waals surface area contributed by atoms with E-state index in [1.165, 1.54) is 11.6 Å². The number of nitrogens with zero attached hydrogens (tertiary/aromatic N) is 1. The Kier molecular flexibility index (Phi) is 5.55. The molecule has 2 unspecified atom stereocenters. The van der Waals surface area contributed by atoms with Gasteiger partial charge in [-0.1, -0.05) is 26.3 Å². The number of allylic oxidation sites excluding steroid dienone is 2. The quantitative estimate of drug-likeness (QED) is 0.680. The highest BCUT2D eigenvalue weighted by Crippen LogP contribution is 2.69. The van der Waals surface area contributed by atoms with Gasteiger partial charge in [0, 0.05) is 23.6 Å². The molecule has 33 heavy (non-hydrogen) atoms. The minimum atomic E-state index is -0.687. The normalized spacial score (nSPS) is 41.2. The van der Waals surface area contributed by atoms with E-state index in [4.69, 9.17) is 4.42 Å². The maximum Gasteiger partial charge on any atom is 0.335 e. The van der Waals surface area contributed by atoms with Crippen molar-refractivity contribution in [1.82, 2.24) is 0 Å². The molecule has 5 heteroatoms. The van der Waals surface area contributed by atoms with Gasteiger partial charge in [0.2, 0.25) is 0 Å². The van der Waals surface area contributed by atoms with Crippen LogP contribution in [0, 0.1) is 22.7 Å². The monoisotopic (exact) mass is 451 g/mol. The van der Waals surface area contributed by atoms with Crippen LogP contribution in [0.4, 0.5) is 0 Å². The van der Waals surface area contributed by atoms with Crippen LogP contribution in [0.1, 0.15) is 90.0 Å². The first-order valence-electron chi connectivity index (χ1n) is 12.8. The Balaban J connectivity index is 1.42. The van der Waals surface area contributed by atoms with E-state index in [1.807, 2.05) is 13.0 Å². The number of ketones is 1. The molecular weight excluding hydrogens is 414 g/mol. The lowest BCUT2D eigenvalue weighted by molar-refractivity contribution is -0.176. The Morgan fingerprint density at radius 2 is 1.94 bits per heavy atom. The van der Waals surface area contributed by atoms with Crippen molar-refractivity contribution < 1.29 is 14.3 Å². The van der Waals surface area contributed by atoms with Crippen LogP contribution in [0.25, 0.3) is 0 Å². The summed E-state index contributed by atoms with van der Waals surface area (Å²) < 4.78 is 5.20. The first-order valence-corrected chi connectivity index (χ1v) is 12.8. The number of carbonyl (C=O) groups excluding carboxylic acids is 1. The smallest absolute Gasteiger partial charge is 0.335 e. The minimum Gasteiger partial charge on any atom is -0.431 e. The number of rotatable bonds is 4. The second kappa shape index (κ2) is 8.04. The van der Waals surface area contributed by atoms with Crippen molar-refractivity contribution in [3.8, 4) is 0 Å². The molecule has 1 aromatic rings. The number of Topliss-reactive ketones (excluding diaryl/α,β-unsaturated/α-hetero) is 1. The molecule has 3 saturated carbocycles. The lowest BCUT2D eigenvalue weighted by Gasteiger charge is -2.61. The summed E-state index contributed by atoms with van der Waals surface area (Å²) >= 11 is 0. The van der Waals surface area contributed by atoms with Gasteiger partial charge in [0.15, 0.2) is 5.78 Å². The van der Waals surface area contributed by atoms with Crippen LogP contribution in [-0.4, -0.2) is 28.7 Å². The maximum atomic E-state index is 12.3. The summed E-state index contributed by atoms with van der Waals surface area (Å²) in [6.45, 7) is 6.88. The molecule has 6 atom stereocenters. The Morgan fingerprint density at radius 1 is 1.12 bits per heavy atom. The van der Waals surface area contributed by atoms with Gasteiger partial charge in [-0.05, 0) is 92.2 Å². The Bertz CT molecular complexity index is 1050. The van der Waals surface area contributed by atoms with Crippen molar-refractivity contribution in [3.05, 3.63) is 46.0 Å². The zero-order valence-electron chi connectivity index (χ0n) is 20.2. The van der Waals surface area contributed by atoms with E-state index in [2.05, 4.69) is 24.9 Å². The third-order valence-electron chi connectivity index (χ3n) is 10.1. The zero-order chi connectivity index (χ0) is 23.4. The van der Waals surface area contributed by atoms with Crippen molar-refractivity contribution in [2.75, 3.05) is 6.54 Å². The molecule has 5 rings (SSSR count). The molecule has 0 aromatic carbocycles. The molecule has 1 N–H and O–H groups in total. The van der Waals surface area contributed by atoms with Gasteiger partial charge < -0.3 is 9.52 Å². The summed E-state index contributed by atoms with van der Waals surface area (Å²) in [6.07, 6.45) is 12.3. The van der Waals surface area contributed by atoms with Crippen molar-refractivity contribution in [1.29, 1.82) is 0 Å². The van der Waals surface area contributed by atoms with E-state index in [1.54, 1.807) is 6.26 Å². The van der Waals surface area contributed by atoms with Crippen LogP contribution >= 0.6 is 0 Å². The molecule has 1 heterocycles. The van der Waals surface area contributed by atoms with E-state index in [-0.39, 0.29) is 28.2 Å². The fraction of sp³-hybridized carbons (Fsp3) is 0.679. The predicted molar refractivity (Wildman–Crippen MR) is 128 cm³/mol. The lowest BCUT2D eigenvalue weighted by atomic mass is 9.45. The molecule has 0 amide bonds. The standard InChI is InChI=1S/C28H37NO4/c1-4-21(30)16-29-20-9-12-26(2)19(15-20)6-7-24-23(26)10-13-27(3)22(11-14-28(24,27)32)18-5-8-25(31)33-17-18/h5,8,15,17,22-24,32H,4,6-7,9-14,16H2,1-3H3/t22-,23?,24?,26+,27-,28+/m1/s1. The van der Waals surface area contributed by atoms with E-state index in [0.29, 0.717) is 24.8 Å². The van der Waals surface area contributed by atoms with Gasteiger partial charge in [-0.3, -0.25) is 9.79 Å². The molecule has 0 spiro atoms. The highest BCUT2D eigenvalue weighted by molar-refractivity contribution is 5.98. The molecule has 0 saturated heterocycles. The summed E-state index contributed by atoms with van der Waals surface area (Å²) in [5.74, 6) is 1.18. The molecule has 3 fully saturated rings. The predicted octanol–water partition coefficient (Wildman–Crippen LogP) is 5.22. The number of aliphatic imine (C=N–C) groups is 1. The Labute approximate surface area is 196 Å². The Morgan fingerprint density at radius 3 is 2.67 bits per heavy atom. The summed E-state index contributed by atoms with van der Waals surface area (Å²) in [5.41, 5.74) is 2.50. The summed E-state index contributed by atoms with van der Waals surface area (Å²) in [7, 11) is 0. The number of aliphatic hydroxyl groups is 1. The van der Waals surface area contributed by atoms with Gasteiger partial charge in [0.25, 0.3) is 0 Å². The third kappa shape index (κ3) is 3.41. The molecule has 4 aliphatic rings. The molecule has 4 aliphatic carbocycles. The lowest BCUT2D eigenvalue weighted by Crippen LogP contribution is -2.60. The van der Waals surface area contributed by atoms with Crippen molar-refractivity contribution in [2.45, 2.75) is 90.1 Å². The van der Waals surface area contributed by atoms with Crippen LogP contribution in [0.2, 0.25) is 0 Å². The summed E-state index contributed by atoms with van der Waals surface area (Å²) in [4.78, 5) is 27.8. The van der Waals surface area contributed by atoms with Gasteiger partial charge in [-0.25, -0.2) is 4.79 Å². The molecule has 0 radical (unpaired) electrons. The minimum absolute atomic E-state index is 0.103. The van der Waals surface area contributed by atoms with E-state index in [0.717, 1.165) is 62.6 Å². The third-order valence-corrected chi connectivity index (χ3v) is 10.1. The highest BCUT2D eigenvalue weighted by atomic mass is 16.4. The van der Waals surface area contributed by atoms with Crippen LogP contribution in [0.3, 0.4) is 0 Å². The summed E-state index contributed by atoms with van der Waals surface area (Å²) in [6, 6.07) is 3.41. The van der Waals surface area contributed by atoms with Crippen LogP contribution in [0.5, 0.6) is 0 Å². The number of hydrogen-bond acceptors (Lipinski definition) is 5. The number of carbonyl (C=O) groups is 1. The van der Waals surface area contributed by atoms with Crippen molar-refractivity contribution >= 4 is 11.5 Å². The molecule has 0 aliphatic heterocycles. The maximum absolute atomic E-state index is 12.3. The molecule has 0 bridgehead atoms. The fourth-order valence-electron chi connectivity index (χ4n) is 8.07. The molecule has 5 nitrogen and oxygen atoms in total. The van der Waals surface area contributed by atoms with Crippen LogP contribution in [0.15, 0.2) is 44.2 Å². The average Bonchev–Trinajstić information content (AvgIpc) is 3.09. The number of fused-ring (bicyclic) bond motifs is 5. The first kappa shape index (κ1) is 22.8. The van der Waals surface area contributed by atoms with Gasteiger partial charge in [0.1, 0.15) is 0 Å². The number of hydrogen-bond donors (Lipinski definition) is 1. The molecular formula is C28H37NO4. The van der Waals surface area contributed by atoms with Gasteiger partial charge in [-0.15, -0.1) is 0 Å². The van der Waals surface area contributed by atoms with Gasteiger partial charge >= 0.3 is 5.63 Å². The largest absolute Gasteiger partial charge is 0.431 e. The van der Waals surface area contributed by atoms with Crippen LogP contribution in [-0.2, 0) is 4.79 Å². The van der Waals surface area contributed by atoms with Gasteiger partial charge in [0.05, 0.1) is 18.4 Å². The van der Waals surface area contributed by atoms with E-state index < -0.39 is 5.60 Å². The van der Waals surface area contributed by atoms with Gasteiger partial charge in [-0.2, -0.15) is 0 Å². The summed E-state index contributed by atoms with van der Waals surface area (Å²) in [5, 5.41) is 12.3. The fourth-order valence-corrected chi connectivity index (χ4v) is 8.07. The molecule has 178 valence electrons. The second-order valence-electron chi connectivity index (χ2n) is 11.4. The topological polar surface area (TPSA) is 79.9 Å². The average molecular weight is 452 g/mol. The van der Waals surface area contributed by atoms with E-state index >= 15 is 0 Å². The van der Waals surface area contributed by atoms with Crippen molar-refractivity contribution in [3.63, 3.8) is 0 Å². The molecule has 1 aromatic heterocycles. The SMILES string of the molecule is CCC(=O)CN=C1C=C2CCC3C(CC[C@]4(C)[C@@H](c5ccc(=O)oc5)CC[C@]34O)[C@@]2(C)CC1.